The number of methoxy groups -OCH3 is 1. The molecule has 0 bridgehead atoms. The molecule has 0 aliphatic carbocycles. The van der Waals surface area contributed by atoms with Crippen molar-refractivity contribution in [3.63, 3.8) is 0 Å². The highest BCUT2D eigenvalue weighted by Crippen LogP contribution is 2.20. The predicted molar refractivity (Wildman–Crippen MR) is 71.1 cm³/mol. The van der Waals surface area contributed by atoms with Crippen molar-refractivity contribution >= 4 is 11.6 Å². The summed E-state index contributed by atoms with van der Waals surface area (Å²) in [6.45, 7) is 2.40. The second kappa shape index (κ2) is 5.73. The van der Waals surface area contributed by atoms with Crippen molar-refractivity contribution in [1.82, 2.24) is 10.6 Å². The Labute approximate surface area is 107 Å². The average Bonchev–Trinajstić information content (AvgIpc) is 2.46. The van der Waals surface area contributed by atoms with E-state index in [1.807, 2.05) is 24.3 Å². The SMILES string of the molecule is CNC(=O)[C@H]1CN(c2ccc(OC)cc2)CCN1. The smallest absolute Gasteiger partial charge is 0.238 e. The summed E-state index contributed by atoms with van der Waals surface area (Å²) in [5.41, 5.74) is 1.12. The zero-order valence-corrected chi connectivity index (χ0v) is 10.8. The first-order valence-corrected chi connectivity index (χ1v) is 6.08. The minimum Gasteiger partial charge on any atom is -0.497 e. The van der Waals surface area contributed by atoms with Gasteiger partial charge in [0.2, 0.25) is 5.91 Å². The van der Waals surface area contributed by atoms with Crippen LogP contribution in [-0.2, 0) is 4.79 Å². The van der Waals surface area contributed by atoms with Gasteiger partial charge in [0.1, 0.15) is 11.8 Å². The summed E-state index contributed by atoms with van der Waals surface area (Å²) in [7, 11) is 3.32. The number of hydrogen-bond acceptors (Lipinski definition) is 4. The fourth-order valence-electron chi connectivity index (χ4n) is 2.13. The molecule has 1 fully saturated rings. The van der Waals surface area contributed by atoms with Gasteiger partial charge in [-0.05, 0) is 24.3 Å². The average molecular weight is 249 g/mol. The lowest BCUT2D eigenvalue weighted by Crippen LogP contribution is -2.56. The molecular formula is C13H19N3O2. The molecule has 2 N–H and O–H groups in total. The van der Waals surface area contributed by atoms with Crippen LogP contribution in [0, 0.1) is 0 Å². The lowest BCUT2D eigenvalue weighted by molar-refractivity contribution is -0.122. The Bertz CT molecular complexity index is 405. The minimum atomic E-state index is -0.147. The Morgan fingerprint density at radius 1 is 1.44 bits per heavy atom. The Kier molecular flexibility index (Phi) is 4.04. The molecule has 1 aromatic carbocycles. The fraction of sp³-hybridized carbons (Fsp3) is 0.462. The van der Waals surface area contributed by atoms with Gasteiger partial charge in [0, 0.05) is 32.4 Å². The van der Waals surface area contributed by atoms with E-state index in [-0.39, 0.29) is 11.9 Å². The van der Waals surface area contributed by atoms with E-state index in [1.54, 1.807) is 14.2 Å². The first kappa shape index (κ1) is 12.7. The van der Waals surface area contributed by atoms with Crippen LogP contribution < -0.4 is 20.3 Å². The van der Waals surface area contributed by atoms with Crippen LogP contribution in [0.5, 0.6) is 5.75 Å². The minimum absolute atomic E-state index is 0.0354. The third kappa shape index (κ3) is 2.73. The Morgan fingerprint density at radius 3 is 2.78 bits per heavy atom. The van der Waals surface area contributed by atoms with Crippen LogP contribution in [0.2, 0.25) is 0 Å². The van der Waals surface area contributed by atoms with E-state index < -0.39 is 0 Å². The van der Waals surface area contributed by atoms with E-state index in [0.29, 0.717) is 6.54 Å². The molecule has 0 spiro atoms. The number of hydrogen-bond donors (Lipinski definition) is 2. The largest absolute Gasteiger partial charge is 0.497 e. The van der Waals surface area contributed by atoms with E-state index in [1.165, 1.54) is 0 Å². The standard InChI is InChI=1S/C13H19N3O2/c1-14-13(17)12-9-16(8-7-15-12)10-3-5-11(18-2)6-4-10/h3-6,12,15H,7-9H2,1-2H3,(H,14,17)/t12-/m1/s1. The Balaban J connectivity index is 2.05. The number of likely N-dealkylation sites (N-methyl/N-ethyl adjacent to an activating group) is 1. The van der Waals surface area contributed by atoms with Crippen molar-refractivity contribution in [2.45, 2.75) is 6.04 Å². The van der Waals surface area contributed by atoms with Crippen molar-refractivity contribution in [3.05, 3.63) is 24.3 Å². The number of amides is 1. The number of carbonyl (C=O) groups is 1. The van der Waals surface area contributed by atoms with Crippen molar-refractivity contribution in [3.8, 4) is 5.75 Å². The predicted octanol–water partition coefficient (Wildman–Crippen LogP) is 0.219. The quantitative estimate of drug-likeness (QED) is 0.804. The first-order chi connectivity index (χ1) is 8.74. The lowest BCUT2D eigenvalue weighted by Gasteiger charge is -2.34. The van der Waals surface area contributed by atoms with Crippen molar-refractivity contribution in [1.29, 1.82) is 0 Å². The number of nitrogens with zero attached hydrogens (tertiary/aromatic N) is 1. The molecular weight excluding hydrogens is 230 g/mol. The summed E-state index contributed by atoms with van der Waals surface area (Å²) < 4.78 is 5.14. The molecule has 98 valence electrons. The van der Waals surface area contributed by atoms with Crippen LogP contribution in [0.1, 0.15) is 0 Å². The zero-order valence-electron chi connectivity index (χ0n) is 10.8. The first-order valence-electron chi connectivity index (χ1n) is 6.08. The summed E-state index contributed by atoms with van der Waals surface area (Å²) in [5, 5.41) is 5.89. The van der Waals surface area contributed by atoms with E-state index in [0.717, 1.165) is 24.5 Å². The second-order valence-electron chi connectivity index (χ2n) is 4.27. The van der Waals surface area contributed by atoms with E-state index in [4.69, 9.17) is 4.74 Å². The van der Waals surface area contributed by atoms with Crippen molar-refractivity contribution in [2.75, 3.05) is 38.7 Å². The monoisotopic (exact) mass is 249 g/mol. The van der Waals surface area contributed by atoms with Gasteiger partial charge in [-0.25, -0.2) is 0 Å². The highest BCUT2D eigenvalue weighted by atomic mass is 16.5. The molecule has 1 aliphatic rings. The third-order valence-corrected chi connectivity index (χ3v) is 3.18. The van der Waals surface area contributed by atoms with Gasteiger partial charge in [-0.1, -0.05) is 0 Å². The Morgan fingerprint density at radius 2 is 2.17 bits per heavy atom. The number of piperazine rings is 1. The summed E-state index contributed by atoms with van der Waals surface area (Å²) in [4.78, 5) is 13.8. The maximum atomic E-state index is 11.6. The van der Waals surface area contributed by atoms with Gasteiger partial charge in [0.15, 0.2) is 0 Å². The number of rotatable bonds is 3. The van der Waals surface area contributed by atoms with Crippen molar-refractivity contribution in [2.24, 2.45) is 0 Å². The normalized spacial score (nSPS) is 19.4. The van der Waals surface area contributed by atoms with Gasteiger partial charge in [-0.3, -0.25) is 4.79 Å². The number of benzene rings is 1. The second-order valence-corrected chi connectivity index (χ2v) is 4.27. The van der Waals surface area contributed by atoms with E-state index in [2.05, 4.69) is 15.5 Å². The number of carbonyl (C=O) groups excluding carboxylic acids is 1. The number of ether oxygens (including phenoxy) is 1. The maximum Gasteiger partial charge on any atom is 0.238 e. The van der Waals surface area contributed by atoms with Crippen LogP contribution in [0.15, 0.2) is 24.3 Å². The molecule has 1 saturated heterocycles. The molecule has 0 radical (unpaired) electrons. The third-order valence-electron chi connectivity index (χ3n) is 3.18. The molecule has 0 saturated carbocycles. The molecule has 1 aromatic rings. The van der Waals surface area contributed by atoms with Crippen LogP contribution in [-0.4, -0.2) is 45.7 Å². The van der Waals surface area contributed by atoms with Crippen LogP contribution in [0.3, 0.4) is 0 Å². The molecule has 1 heterocycles. The molecule has 2 rings (SSSR count). The topological polar surface area (TPSA) is 53.6 Å². The molecule has 18 heavy (non-hydrogen) atoms. The summed E-state index contributed by atoms with van der Waals surface area (Å²) in [6.07, 6.45) is 0. The number of nitrogens with one attached hydrogen (secondary N) is 2. The van der Waals surface area contributed by atoms with Crippen molar-refractivity contribution < 1.29 is 9.53 Å². The Hall–Kier alpha value is -1.75. The van der Waals surface area contributed by atoms with Crippen LogP contribution in [0.4, 0.5) is 5.69 Å². The van der Waals surface area contributed by atoms with E-state index in [9.17, 15) is 4.79 Å². The van der Waals surface area contributed by atoms with Gasteiger partial charge in [0.05, 0.1) is 7.11 Å². The molecule has 5 heteroatoms. The molecule has 1 amide bonds. The van der Waals surface area contributed by atoms with Gasteiger partial charge < -0.3 is 20.3 Å². The molecule has 1 aliphatic heterocycles. The maximum absolute atomic E-state index is 11.6. The highest BCUT2D eigenvalue weighted by molar-refractivity contribution is 5.82. The zero-order chi connectivity index (χ0) is 13.0. The summed E-state index contributed by atoms with van der Waals surface area (Å²) >= 11 is 0. The van der Waals surface area contributed by atoms with Gasteiger partial charge in [0.25, 0.3) is 0 Å². The van der Waals surface area contributed by atoms with E-state index >= 15 is 0 Å². The highest BCUT2D eigenvalue weighted by Gasteiger charge is 2.24. The number of anilines is 1. The molecule has 5 nitrogen and oxygen atoms in total. The molecule has 0 aromatic heterocycles. The molecule has 1 atom stereocenters. The van der Waals surface area contributed by atoms with Gasteiger partial charge >= 0.3 is 0 Å². The summed E-state index contributed by atoms with van der Waals surface area (Å²) in [5.74, 6) is 0.880. The summed E-state index contributed by atoms with van der Waals surface area (Å²) in [6, 6.07) is 7.76. The van der Waals surface area contributed by atoms with Gasteiger partial charge in [-0.15, -0.1) is 0 Å². The van der Waals surface area contributed by atoms with Crippen LogP contribution in [0.25, 0.3) is 0 Å². The lowest BCUT2D eigenvalue weighted by atomic mass is 10.1. The van der Waals surface area contributed by atoms with Gasteiger partial charge in [-0.2, -0.15) is 0 Å². The van der Waals surface area contributed by atoms with Crippen LogP contribution >= 0.6 is 0 Å². The fourth-order valence-corrected chi connectivity index (χ4v) is 2.13. The molecule has 0 unspecified atom stereocenters.